The zero-order valence-electron chi connectivity index (χ0n) is 12.0. The van der Waals surface area contributed by atoms with Crippen molar-refractivity contribution in [1.82, 2.24) is 0 Å². The second-order valence-corrected chi connectivity index (χ2v) is 8.62. The van der Waals surface area contributed by atoms with E-state index in [9.17, 15) is 8.42 Å². The lowest BCUT2D eigenvalue weighted by Crippen LogP contribution is -2.48. The Labute approximate surface area is 125 Å². The van der Waals surface area contributed by atoms with Gasteiger partial charge in [-0.2, -0.15) is 11.8 Å². The summed E-state index contributed by atoms with van der Waals surface area (Å²) in [6.07, 6.45) is 0. The number of sulfone groups is 1. The molecular weight excluding hydrogens is 292 g/mol. The van der Waals surface area contributed by atoms with Gasteiger partial charge in [0.1, 0.15) is 5.37 Å². The average Bonchev–Trinajstić information content (AvgIpc) is 2.47. The SMILES string of the molecule is CCS(=O)(=O)C1CSCCN1c1ccccc1C(C)N. The van der Waals surface area contributed by atoms with Gasteiger partial charge < -0.3 is 10.6 Å². The third-order valence-corrected chi connectivity index (χ3v) is 6.93. The molecule has 1 aromatic rings. The van der Waals surface area contributed by atoms with E-state index in [2.05, 4.69) is 0 Å². The maximum absolute atomic E-state index is 12.3. The first-order valence-electron chi connectivity index (χ1n) is 6.88. The normalized spacial score (nSPS) is 21.8. The summed E-state index contributed by atoms with van der Waals surface area (Å²) in [5, 5.41) is -0.439. The highest BCUT2D eigenvalue weighted by atomic mass is 32.2. The molecular formula is C14H22N2O2S2. The Morgan fingerprint density at radius 3 is 2.80 bits per heavy atom. The first-order valence-corrected chi connectivity index (χ1v) is 9.75. The molecule has 1 heterocycles. The Morgan fingerprint density at radius 2 is 2.15 bits per heavy atom. The second-order valence-electron chi connectivity index (χ2n) is 5.02. The van der Waals surface area contributed by atoms with Crippen LogP contribution in [0.1, 0.15) is 25.5 Å². The van der Waals surface area contributed by atoms with Gasteiger partial charge in [-0.1, -0.05) is 25.1 Å². The molecule has 0 spiro atoms. The van der Waals surface area contributed by atoms with Crippen molar-refractivity contribution in [2.24, 2.45) is 5.73 Å². The summed E-state index contributed by atoms with van der Waals surface area (Å²) in [6.45, 7) is 4.39. The summed E-state index contributed by atoms with van der Waals surface area (Å²) in [7, 11) is -3.10. The number of thioether (sulfide) groups is 1. The van der Waals surface area contributed by atoms with Gasteiger partial charge in [0.2, 0.25) is 0 Å². The van der Waals surface area contributed by atoms with Crippen LogP contribution in [0.2, 0.25) is 0 Å². The van der Waals surface area contributed by atoms with E-state index in [0.29, 0.717) is 5.75 Å². The van der Waals surface area contributed by atoms with E-state index in [1.165, 1.54) is 0 Å². The number of nitrogens with two attached hydrogens (primary N) is 1. The predicted octanol–water partition coefficient (Wildman–Crippen LogP) is 2.02. The van der Waals surface area contributed by atoms with Gasteiger partial charge in [-0.05, 0) is 18.6 Å². The van der Waals surface area contributed by atoms with Crippen molar-refractivity contribution in [3.05, 3.63) is 29.8 Å². The largest absolute Gasteiger partial charge is 0.353 e. The summed E-state index contributed by atoms with van der Waals surface area (Å²) < 4.78 is 24.7. The molecule has 2 unspecified atom stereocenters. The molecule has 0 aliphatic carbocycles. The summed E-state index contributed by atoms with van der Waals surface area (Å²) >= 11 is 1.71. The van der Waals surface area contributed by atoms with Crippen LogP contribution in [0.5, 0.6) is 0 Å². The molecule has 6 heteroatoms. The Hall–Kier alpha value is -0.720. The Bertz CT molecular complexity index is 558. The molecule has 0 aromatic heterocycles. The van der Waals surface area contributed by atoms with Crippen LogP contribution in [0.3, 0.4) is 0 Å². The molecule has 2 N–H and O–H groups in total. The van der Waals surface area contributed by atoms with E-state index in [1.807, 2.05) is 36.1 Å². The van der Waals surface area contributed by atoms with Gasteiger partial charge in [0.25, 0.3) is 0 Å². The monoisotopic (exact) mass is 314 g/mol. The van der Waals surface area contributed by atoms with Crippen molar-refractivity contribution >= 4 is 27.3 Å². The van der Waals surface area contributed by atoms with E-state index in [1.54, 1.807) is 18.7 Å². The highest BCUT2D eigenvalue weighted by Crippen LogP contribution is 2.32. The van der Waals surface area contributed by atoms with Crippen LogP contribution in [-0.4, -0.2) is 37.6 Å². The van der Waals surface area contributed by atoms with Crippen LogP contribution in [0.15, 0.2) is 24.3 Å². The lowest BCUT2D eigenvalue weighted by Gasteiger charge is -2.38. The highest BCUT2D eigenvalue weighted by Gasteiger charge is 2.34. The minimum absolute atomic E-state index is 0.106. The number of rotatable bonds is 4. The molecule has 1 aliphatic rings. The molecule has 0 amide bonds. The number of nitrogens with zero attached hydrogens (tertiary/aromatic N) is 1. The van der Waals surface area contributed by atoms with Gasteiger partial charge in [0.15, 0.2) is 9.84 Å². The highest BCUT2D eigenvalue weighted by molar-refractivity contribution is 8.01. The van der Waals surface area contributed by atoms with Gasteiger partial charge in [0.05, 0.1) is 0 Å². The quantitative estimate of drug-likeness (QED) is 0.921. The number of hydrogen-bond donors (Lipinski definition) is 1. The maximum Gasteiger partial charge on any atom is 0.171 e. The van der Waals surface area contributed by atoms with Gasteiger partial charge in [-0.15, -0.1) is 0 Å². The molecule has 2 atom stereocenters. The molecule has 1 aliphatic heterocycles. The summed E-state index contributed by atoms with van der Waals surface area (Å²) in [5.41, 5.74) is 8.00. The number of anilines is 1. The summed E-state index contributed by atoms with van der Waals surface area (Å²) in [6, 6.07) is 7.75. The average molecular weight is 314 g/mol. The molecule has 1 saturated heterocycles. The van der Waals surface area contributed by atoms with Crippen LogP contribution in [-0.2, 0) is 9.84 Å². The standard InChI is InChI=1S/C14H22N2O2S2/c1-3-20(17,18)14-10-19-9-8-16(14)13-7-5-4-6-12(13)11(2)15/h4-7,11,14H,3,8-10,15H2,1-2H3. The van der Waals surface area contributed by atoms with E-state index in [4.69, 9.17) is 5.73 Å². The fraction of sp³-hybridized carbons (Fsp3) is 0.571. The van der Waals surface area contributed by atoms with Gasteiger partial charge in [-0.25, -0.2) is 8.42 Å². The van der Waals surface area contributed by atoms with Crippen molar-refractivity contribution in [3.63, 3.8) is 0 Å². The van der Waals surface area contributed by atoms with Crippen LogP contribution in [0.4, 0.5) is 5.69 Å². The summed E-state index contributed by atoms with van der Waals surface area (Å²) in [5.74, 6) is 1.75. The third-order valence-electron chi connectivity index (χ3n) is 3.64. The Kier molecular flexibility index (Phi) is 4.99. The van der Waals surface area contributed by atoms with E-state index in [0.717, 1.165) is 23.5 Å². The van der Waals surface area contributed by atoms with Crippen molar-refractivity contribution in [2.75, 3.05) is 28.7 Å². The van der Waals surface area contributed by atoms with Gasteiger partial charge >= 0.3 is 0 Å². The van der Waals surface area contributed by atoms with Crippen LogP contribution in [0, 0.1) is 0 Å². The smallest absolute Gasteiger partial charge is 0.171 e. The van der Waals surface area contributed by atoms with E-state index in [-0.39, 0.29) is 11.8 Å². The second kappa shape index (κ2) is 6.37. The number of para-hydroxylation sites is 1. The lowest BCUT2D eigenvalue weighted by atomic mass is 10.1. The van der Waals surface area contributed by atoms with Crippen LogP contribution < -0.4 is 10.6 Å². The predicted molar refractivity (Wildman–Crippen MR) is 87.0 cm³/mol. The first-order chi connectivity index (χ1) is 9.47. The molecule has 2 rings (SSSR count). The van der Waals surface area contributed by atoms with Crippen molar-refractivity contribution < 1.29 is 8.42 Å². The minimum atomic E-state index is -3.10. The van der Waals surface area contributed by atoms with Crippen molar-refractivity contribution in [2.45, 2.75) is 25.3 Å². The Morgan fingerprint density at radius 1 is 1.45 bits per heavy atom. The first kappa shape index (κ1) is 15.7. The van der Waals surface area contributed by atoms with Crippen molar-refractivity contribution in [3.8, 4) is 0 Å². The molecule has 0 saturated carbocycles. The zero-order valence-corrected chi connectivity index (χ0v) is 13.6. The molecule has 20 heavy (non-hydrogen) atoms. The molecule has 1 fully saturated rings. The minimum Gasteiger partial charge on any atom is -0.353 e. The topological polar surface area (TPSA) is 63.4 Å². The Balaban J connectivity index is 2.43. The molecule has 4 nitrogen and oxygen atoms in total. The fourth-order valence-electron chi connectivity index (χ4n) is 2.48. The molecule has 1 aromatic carbocycles. The van der Waals surface area contributed by atoms with E-state index < -0.39 is 15.2 Å². The van der Waals surface area contributed by atoms with Crippen LogP contribution >= 0.6 is 11.8 Å². The van der Waals surface area contributed by atoms with E-state index >= 15 is 0 Å². The van der Waals surface area contributed by atoms with Gasteiger partial charge in [-0.3, -0.25) is 0 Å². The summed E-state index contributed by atoms with van der Waals surface area (Å²) in [4.78, 5) is 2.02. The van der Waals surface area contributed by atoms with Crippen molar-refractivity contribution in [1.29, 1.82) is 0 Å². The van der Waals surface area contributed by atoms with Crippen LogP contribution in [0.25, 0.3) is 0 Å². The number of hydrogen-bond acceptors (Lipinski definition) is 5. The third kappa shape index (κ3) is 3.13. The molecule has 0 bridgehead atoms. The van der Waals surface area contributed by atoms with Gasteiger partial charge in [0, 0.05) is 35.5 Å². The number of benzene rings is 1. The zero-order chi connectivity index (χ0) is 14.8. The fourth-order valence-corrected chi connectivity index (χ4v) is 5.46. The maximum atomic E-state index is 12.3. The lowest BCUT2D eigenvalue weighted by molar-refractivity contribution is 0.579. The molecule has 0 radical (unpaired) electrons. The molecule has 112 valence electrons.